The molecule has 1 fully saturated rings. The molecule has 84 valence electrons. The van der Waals surface area contributed by atoms with Gasteiger partial charge in [0.05, 0.1) is 6.04 Å². The van der Waals surface area contributed by atoms with Crippen molar-refractivity contribution in [3.05, 3.63) is 0 Å². The summed E-state index contributed by atoms with van der Waals surface area (Å²) in [5, 5.41) is 0. The minimum absolute atomic E-state index is 0.102. The highest BCUT2D eigenvalue weighted by Gasteiger charge is 2.35. The van der Waals surface area contributed by atoms with Crippen LogP contribution in [0.3, 0.4) is 0 Å². The van der Waals surface area contributed by atoms with Crippen LogP contribution in [0.4, 0.5) is 4.79 Å². The zero-order chi connectivity index (χ0) is 11.6. The van der Waals surface area contributed by atoms with E-state index in [4.69, 9.17) is 11.2 Å². The summed E-state index contributed by atoms with van der Waals surface area (Å²) in [5.41, 5.74) is -0.460. The van der Waals surface area contributed by atoms with Crippen LogP contribution in [0.25, 0.3) is 0 Å². The molecule has 15 heavy (non-hydrogen) atoms. The molecule has 1 saturated heterocycles. The molecule has 1 amide bonds. The maximum atomic E-state index is 11.8. The average Bonchev–Trinajstić information content (AvgIpc) is 2.43. The summed E-state index contributed by atoms with van der Waals surface area (Å²) in [7, 11) is 0. The third-order valence-electron chi connectivity index (χ3n) is 2.47. The van der Waals surface area contributed by atoms with Crippen molar-refractivity contribution in [1.82, 2.24) is 4.90 Å². The number of rotatable bonds is 0. The molecule has 0 aromatic carbocycles. The summed E-state index contributed by atoms with van der Waals surface area (Å²) in [4.78, 5) is 13.5. The van der Waals surface area contributed by atoms with E-state index in [2.05, 4.69) is 5.92 Å². The lowest BCUT2D eigenvalue weighted by molar-refractivity contribution is 0.0200. The summed E-state index contributed by atoms with van der Waals surface area (Å²) in [5.74, 6) is 2.64. The van der Waals surface area contributed by atoms with Gasteiger partial charge in [-0.2, -0.15) is 0 Å². The quantitative estimate of drug-likeness (QED) is 0.573. The minimum Gasteiger partial charge on any atom is -0.444 e. The number of hydrogen-bond donors (Lipinski definition) is 0. The van der Waals surface area contributed by atoms with Crippen LogP contribution in [0.2, 0.25) is 0 Å². The zero-order valence-electron chi connectivity index (χ0n) is 9.91. The second kappa shape index (κ2) is 4.14. The molecule has 2 atom stereocenters. The number of amides is 1. The van der Waals surface area contributed by atoms with E-state index in [1.807, 2.05) is 27.7 Å². The fourth-order valence-corrected chi connectivity index (χ4v) is 1.77. The SMILES string of the molecule is C#C[C@H]1CCC(C)N1C(=O)OC(C)(C)C. The van der Waals surface area contributed by atoms with Gasteiger partial charge >= 0.3 is 6.09 Å². The van der Waals surface area contributed by atoms with E-state index in [1.54, 1.807) is 4.90 Å². The lowest BCUT2D eigenvalue weighted by Gasteiger charge is -2.29. The van der Waals surface area contributed by atoms with Crippen molar-refractivity contribution in [3.63, 3.8) is 0 Å². The van der Waals surface area contributed by atoms with E-state index in [0.29, 0.717) is 0 Å². The Labute approximate surface area is 91.8 Å². The Morgan fingerprint density at radius 3 is 2.53 bits per heavy atom. The molecular formula is C12H19NO2. The predicted octanol–water partition coefficient (Wildman–Crippen LogP) is 2.41. The predicted molar refractivity (Wildman–Crippen MR) is 59.4 cm³/mol. The molecule has 0 radical (unpaired) electrons. The highest BCUT2D eigenvalue weighted by molar-refractivity contribution is 5.70. The van der Waals surface area contributed by atoms with Crippen molar-refractivity contribution < 1.29 is 9.53 Å². The lowest BCUT2D eigenvalue weighted by Crippen LogP contribution is -2.42. The van der Waals surface area contributed by atoms with Crippen LogP contribution in [0, 0.1) is 12.3 Å². The van der Waals surface area contributed by atoms with E-state index in [9.17, 15) is 4.79 Å². The van der Waals surface area contributed by atoms with Gasteiger partial charge in [0, 0.05) is 6.04 Å². The number of likely N-dealkylation sites (tertiary alicyclic amines) is 1. The first-order valence-corrected chi connectivity index (χ1v) is 5.32. The van der Waals surface area contributed by atoms with Crippen LogP contribution >= 0.6 is 0 Å². The van der Waals surface area contributed by atoms with Crippen molar-refractivity contribution in [2.45, 2.75) is 58.2 Å². The van der Waals surface area contributed by atoms with E-state index >= 15 is 0 Å². The second-order valence-corrected chi connectivity index (χ2v) is 5.00. The van der Waals surface area contributed by atoms with Crippen molar-refractivity contribution in [1.29, 1.82) is 0 Å². The van der Waals surface area contributed by atoms with Gasteiger partial charge in [-0.05, 0) is 40.5 Å². The van der Waals surface area contributed by atoms with Crippen molar-refractivity contribution in [3.8, 4) is 12.3 Å². The molecule has 0 spiro atoms. The van der Waals surface area contributed by atoms with Crippen LogP contribution in [0.1, 0.15) is 40.5 Å². The monoisotopic (exact) mass is 209 g/mol. The van der Waals surface area contributed by atoms with Crippen LogP contribution in [-0.4, -0.2) is 28.7 Å². The molecule has 1 aliphatic heterocycles. The second-order valence-electron chi connectivity index (χ2n) is 5.00. The maximum Gasteiger partial charge on any atom is 0.411 e. The minimum atomic E-state index is -0.460. The Balaban J connectivity index is 2.70. The summed E-state index contributed by atoms with van der Waals surface area (Å²) >= 11 is 0. The molecule has 0 aliphatic carbocycles. The molecular weight excluding hydrogens is 190 g/mol. The van der Waals surface area contributed by atoms with Crippen LogP contribution in [0.15, 0.2) is 0 Å². The Bertz CT molecular complexity index is 285. The molecule has 0 aromatic heterocycles. The van der Waals surface area contributed by atoms with Gasteiger partial charge in [0.2, 0.25) is 0 Å². The molecule has 1 heterocycles. The highest BCUT2D eigenvalue weighted by atomic mass is 16.6. The number of ether oxygens (including phenoxy) is 1. The first-order valence-electron chi connectivity index (χ1n) is 5.32. The molecule has 0 bridgehead atoms. The lowest BCUT2D eigenvalue weighted by atomic mass is 10.2. The first-order chi connectivity index (χ1) is 6.85. The zero-order valence-corrected chi connectivity index (χ0v) is 9.91. The molecule has 0 N–H and O–H groups in total. The average molecular weight is 209 g/mol. The number of carbonyl (C=O) groups excluding carboxylic acids is 1. The molecule has 0 saturated carbocycles. The molecule has 1 aliphatic rings. The molecule has 1 unspecified atom stereocenters. The number of hydrogen-bond acceptors (Lipinski definition) is 2. The van der Waals surface area contributed by atoms with Crippen molar-refractivity contribution in [2.24, 2.45) is 0 Å². The fourth-order valence-electron chi connectivity index (χ4n) is 1.77. The van der Waals surface area contributed by atoms with Crippen molar-refractivity contribution >= 4 is 6.09 Å². The summed E-state index contributed by atoms with van der Waals surface area (Å²) in [6.07, 6.45) is 6.92. The highest BCUT2D eigenvalue weighted by Crippen LogP contribution is 2.25. The maximum absolute atomic E-state index is 11.8. The van der Waals surface area contributed by atoms with Gasteiger partial charge in [0.25, 0.3) is 0 Å². The van der Waals surface area contributed by atoms with Gasteiger partial charge in [-0.15, -0.1) is 6.42 Å². The normalized spacial score (nSPS) is 26.2. The van der Waals surface area contributed by atoms with E-state index < -0.39 is 5.60 Å². The Morgan fingerprint density at radius 2 is 2.07 bits per heavy atom. The number of nitrogens with zero attached hydrogens (tertiary/aromatic N) is 1. The van der Waals surface area contributed by atoms with Crippen molar-refractivity contribution in [2.75, 3.05) is 0 Å². The smallest absolute Gasteiger partial charge is 0.411 e. The fraction of sp³-hybridized carbons (Fsp3) is 0.750. The van der Waals surface area contributed by atoms with E-state index in [0.717, 1.165) is 12.8 Å². The Morgan fingerprint density at radius 1 is 1.47 bits per heavy atom. The van der Waals surface area contributed by atoms with Crippen LogP contribution < -0.4 is 0 Å². The molecule has 3 nitrogen and oxygen atoms in total. The standard InChI is InChI=1S/C12H19NO2/c1-6-10-8-7-9(2)13(10)11(14)15-12(3,4)5/h1,9-10H,7-8H2,2-5H3/t9?,10-/m0/s1. The van der Waals surface area contributed by atoms with Gasteiger partial charge in [0.1, 0.15) is 5.60 Å². The van der Waals surface area contributed by atoms with Crippen LogP contribution in [0.5, 0.6) is 0 Å². The largest absolute Gasteiger partial charge is 0.444 e. The van der Waals surface area contributed by atoms with Gasteiger partial charge in [-0.1, -0.05) is 5.92 Å². The van der Waals surface area contributed by atoms with Crippen LogP contribution in [-0.2, 0) is 4.74 Å². The van der Waals surface area contributed by atoms with Gasteiger partial charge < -0.3 is 4.74 Å². The number of carbonyl (C=O) groups is 1. The topological polar surface area (TPSA) is 29.5 Å². The summed E-state index contributed by atoms with van der Waals surface area (Å²) in [6.45, 7) is 7.57. The van der Waals surface area contributed by atoms with E-state index in [1.165, 1.54) is 0 Å². The van der Waals surface area contributed by atoms with E-state index in [-0.39, 0.29) is 18.2 Å². The third kappa shape index (κ3) is 2.89. The summed E-state index contributed by atoms with van der Waals surface area (Å²) in [6, 6.07) is 0.0794. The Kier molecular flexibility index (Phi) is 3.28. The number of terminal acetylenes is 1. The molecule has 3 heteroatoms. The van der Waals surface area contributed by atoms with Gasteiger partial charge in [0.15, 0.2) is 0 Å². The molecule has 0 aromatic rings. The van der Waals surface area contributed by atoms with Gasteiger partial charge in [-0.3, -0.25) is 4.90 Å². The third-order valence-corrected chi connectivity index (χ3v) is 2.47. The molecule has 1 rings (SSSR count). The first kappa shape index (κ1) is 11.9. The summed E-state index contributed by atoms with van der Waals surface area (Å²) < 4.78 is 5.32. The Hall–Kier alpha value is -1.17. The van der Waals surface area contributed by atoms with Gasteiger partial charge in [-0.25, -0.2) is 4.79 Å².